The van der Waals surface area contributed by atoms with Gasteiger partial charge in [-0.25, -0.2) is 9.80 Å². The highest BCUT2D eigenvalue weighted by atomic mass is 35.5. The van der Waals surface area contributed by atoms with Crippen molar-refractivity contribution in [2.75, 3.05) is 19.6 Å². The highest BCUT2D eigenvalue weighted by Gasteiger charge is 2.51. The first-order valence-corrected chi connectivity index (χ1v) is 13.0. The molecule has 0 saturated carbocycles. The van der Waals surface area contributed by atoms with Crippen LogP contribution in [0.3, 0.4) is 0 Å². The minimum absolute atomic E-state index is 0.0222. The minimum Gasteiger partial charge on any atom is -0.481 e. The van der Waals surface area contributed by atoms with E-state index >= 15 is 0 Å². The van der Waals surface area contributed by atoms with Gasteiger partial charge in [0, 0.05) is 29.6 Å². The predicted octanol–water partition coefficient (Wildman–Crippen LogP) is 2.80. The first-order valence-electron chi connectivity index (χ1n) is 12.2. The molecule has 204 valence electrons. The molecule has 0 bridgehead atoms. The summed E-state index contributed by atoms with van der Waals surface area (Å²) in [4.78, 5) is 54.7. The highest BCUT2D eigenvalue weighted by Crippen LogP contribution is 2.31. The Morgan fingerprint density at radius 1 is 1.13 bits per heavy atom. The zero-order chi connectivity index (χ0) is 28.1. The molecule has 4 rings (SSSR count). The average molecular weight is 572 g/mol. The fraction of sp³-hybridized carbons (Fsp3) is 0.333. The van der Waals surface area contributed by atoms with Crippen LogP contribution in [0.2, 0.25) is 10.0 Å². The fourth-order valence-corrected chi connectivity index (χ4v) is 5.29. The quantitative estimate of drug-likeness (QED) is 0.471. The fourth-order valence-electron chi connectivity index (χ4n) is 4.83. The smallest absolute Gasteiger partial charge is 0.334 e. The van der Waals surface area contributed by atoms with Gasteiger partial charge in [0.25, 0.3) is 0 Å². The molecule has 0 radical (unpaired) electrons. The summed E-state index contributed by atoms with van der Waals surface area (Å²) in [5, 5.41) is 15.8. The van der Waals surface area contributed by atoms with Crippen molar-refractivity contribution in [2.24, 2.45) is 0 Å². The molecular formula is C27H27Cl2N5O5. The Kier molecular flexibility index (Phi) is 8.97. The first-order chi connectivity index (χ1) is 18.7. The lowest BCUT2D eigenvalue weighted by Crippen LogP contribution is -2.76. The van der Waals surface area contributed by atoms with Gasteiger partial charge in [-0.15, -0.1) is 6.42 Å². The molecule has 2 aromatic carbocycles. The average Bonchev–Trinajstić information content (AvgIpc) is 2.89. The summed E-state index contributed by atoms with van der Waals surface area (Å²) in [6.45, 7) is 0.00952. The van der Waals surface area contributed by atoms with E-state index in [1.54, 1.807) is 18.2 Å². The summed E-state index contributed by atoms with van der Waals surface area (Å²) >= 11 is 12.4. The van der Waals surface area contributed by atoms with Crippen LogP contribution in [0.25, 0.3) is 0 Å². The van der Waals surface area contributed by atoms with Crippen LogP contribution in [0, 0.1) is 12.3 Å². The number of nitrogens with one attached hydrogen (secondary N) is 1. The van der Waals surface area contributed by atoms with E-state index in [2.05, 4.69) is 11.2 Å². The maximum Gasteiger partial charge on any atom is 0.334 e. The Labute approximate surface area is 236 Å². The Morgan fingerprint density at radius 2 is 1.87 bits per heavy atom. The van der Waals surface area contributed by atoms with E-state index in [1.165, 1.54) is 19.8 Å². The van der Waals surface area contributed by atoms with E-state index in [1.807, 2.05) is 30.3 Å². The Bertz CT molecular complexity index is 1300. The number of hydrazine groups is 1. The Hall–Kier alpha value is -3.78. The van der Waals surface area contributed by atoms with E-state index in [4.69, 9.17) is 29.6 Å². The number of carboxylic acid groups (broad SMARTS) is 1. The van der Waals surface area contributed by atoms with Gasteiger partial charge in [0.1, 0.15) is 12.2 Å². The lowest BCUT2D eigenvalue weighted by Gasteiger charge is -2.54. The van der Waals surface area contributed by atoms with Crippen molar-refractivity contribution in [3.8, 4) is 12.3 Å². The number of halogens is 2. The Morgan fingerprint density at radius 3 is 2.54 bits per heavy atom. The molecule has 0 aromatic heterocycles. The first kappa shape index (κ1) is 28.2. The topological polar surface area (TPSA) is 114 Å². The van der Waals surface area contributed by atoms with Crippen LogP contribution in [0.4, 0.5) is 4.79 Å². The number of carboxylic acids is 1. The maximum atomic E-state index is 13.6. The number of hydrogen-bond donors (Lipinski definition) is 2. The zero-order valence-corrected chi connectivity index (χ0v) is 22.4. The monoisotopic (exact) mass is 571 g/mol. The second kappa shape index (κ2) is 12.4. The number of rotatable bonds is 8. The van der Waals surface area contributed by atoms with Gasteiger partial charge in [-0.2, -0.15) is 5.01 Å². The van der Waals surface area contributed by atoms with E-state index in [0.717, 1.165) is 5.56 Å². The van der Waals surface area contributed by atoms with Crippen molar-refractivity contribution in [1.29, 1.82) is 0 Å². The molecule has 10 nitrogen and oxygen atoms in total. The molecule has 12 heteroatoms. The number of terminal acetylenes is 1. The molecule has 2 fully saturated rings. The molecule has 2 saturated heterocycles. The number of nitrogens with zero attached hydrogens (tertiary/aromatic N) is 4. The molecule has 2 aliphatic heterocycles. The van der Waals surface area contributed by atoms with Gasteiger partial charge in [-0.05, 0) is 29.7 Å². The van der Waals surface area contributed by atoms with Gasteiger partial charge in [0.2, 0.25) is 11.8 Å². The zero-order valence-electron chi connectivity index (χ0n) is 20.9. The molecule has 0 spiro atoms. The molecule has 2 N–H and O–H groups in total. The van der Waals surface area contributed by atoms with E-state index < -0.39 is 36.0 Å². The molecule has 2 atom stereocenters. The number of aliphatic carboxylic acids is 1. The molecule has 39 heavy (non-hydrogen) atoms. The number of urea groups is 1. The van der Waals surface area contributed by atoms with Gasteiger partial charge in [0.15, 0.2) is 0 Å². The number of fused-ring (bicyclic) bond motifs is 1. The summed E-state index contributed by atoms with van der Waals surface area (Å²) in [6.07, 6.45) is 4.19. The number of amides is 4. The highest BCUT2D eigenvalue weighted by molar-refractivity contribution is 6.35. The molecular weight excluding hydrogens is 545 g/mol. The van der Waals surface area contributed by atoms with Crippen LogP contribution in [0.1, 0.15) is 24.0 Å². The van der Waals surface area contributed by atoms with Gasteiger partial charge < -0.3 is 20.2 Å². The summed E-state index contributed by atoms with van der Waals surface area (Å²) < 4.78 is 0. The van der Waals surface area contributed by atoms with Crippen molar-refractivity contribution in [2.45, 2.75) is 38.1 Å². The molecule has 0 aliphatic carbocycles. The summed E-state index contributed by atoms with van der Waals surface area (Å²) in [5.41, 5.74) is 1.49. The van der Waals surface area contributed by atoms with Crippen molar-refractivity contribution < 1.29 is 24.3 Å². The number of hydrogen-bond acceptors (Lipinski definition) is 5. The van der Waals surface area contributed by atoms with E-state index in [-0.39, 0.29) is 45.6 Å². The third-order valence-corrected chi connectivity index (χ3v) is 7.19. The lowest BCUT2D eigenvalue weighted by molar-refractivity contribution is -0.190. The van der Waals surface area contributed by atoms with Crippen LogP contribution in [-0.4, -0.2) is 80.6 Å². The van der Waals surface area contributed by atoms with Gasteiger partial charge in [-0.1, -0.05) is 65.5 Å². The largest absolute Gasteiger partial charge is 0.481 e. The Balaban J connectivity index is 1.67. The van der Waals surface area contributed by atoms with Crippen molar-refractivity contribution >= 4 is 47.0 Å². The van der Waals surface area contributed by atoms with Gasteiger partial charge >= 0.3 is 12.0 Å². The van der Waals surface area contributed by atoms with E-state index in [9.17, 15) is 24.3 Å². The predicted molar refractivity (Wildman–Crippen MR) is 144 cm³/mol. The summed E-state index contributed by atoms with van der Waals surface area (Å²) in [6, 6.07) is 12.6. The minimum atomic E-state index is -1.10. The SMILES string of the molecule is C#CCN1CC(=O)N2[C@@H](CCC(=O)O)C(=O)N(Cc3ccc(Cl)cc3Cl)C[C@@H]2N1C(=O)NCc1ccccc1. The van der Waals surface area contributed by atoms with Crippen molar-refractivity contribution in [3.63, 3.8) is 0 Å². The standard InChI is InChI=1S/C27H27Cl2N5O5/c1-2-12-32-17-24(35)33-22(10-11-25(36)37)26(38)31(15-19-8-9-20(28)13-21(19)29)16-23(33)34(32)27(39)30-14-18-6-4-3-5-7-18/h1,3-9,13,22-23H,10-12,14-17H2,(H,30,39)(H,36,37)/t22-,23-/m0/s1. The molecule has 2 heterocycles. The number of benzene rings is 2. The molecule has 4 amide bonds. The van der Waals surface area contributed by atoms with Crippen LogP contribution in [0.5, 0.6) is 0 Å². The van der Waals surface area contributed by atoms with Crippen LogP contribution in [-0.2, 0) is 27.5 Å². The van der Waals surface area contributed by atoms with E-state index in [0.29, 0.717) is 15.6 Å². The second-order valence-corrected chi connectivity index (χ2v) is 10.0. The third-order valence-electron chi connectivity index (χ3n) is 6.61. The molecule has 2 aromatic rings. The van der Waals surface area contributed by atoms with Crippen molar-refractivity contribution in [1.82, 2.24) is 25.1 Å². The maximum absolute atomic E-state index is 13.6. The summed E-state index contributed by atoms with van der Waals surface area (Å²) in [7, 11) is 0. The van der Waals surface area contributed by atoms with Gasteiger partial charge in [0.05, 0.1) is 19.6 Å². The number of carbonyl (C=O) groups excluding carboxylic acids is 3. The third kappa shape index (κ3) is 6.45. The van der Waals surface area contributed by atoms with Crippen LogP contribution >= 0.6 is 23.2 Å². The second-order valence-electron chi connectivity index (χ2n) is 9.20. The van der Waals surface area contributed by atoms with Gasteiger partial charge in [-0.3, -0.25) is 14.4 Å². The molecule has 0 unspecified atom stereocenters. The normalized spacial score (nSPS) is 19.5. The number of carbonyl (C=O) groups is 4. The van der Waals surface area contributed by atoms with Crippen LogP contribution in [0.15, 0.2) is 48.5 Å². The summed E-state index contributed by atoms with van der Waals surface area (Å²) in [5.74, 6) is 0.528. The lowest BCUT2D eigenvalue weighted by atomic mass is 10.0. The van der Waals surface area contributed by atoms with Crippen molar-refractivity contribution in [3.05, 3.63) is 69.7 Å². The van der Waals surface area contributed by atoms with Crippen LogP contribution < -0.4 is 5.32 Å². The molecule has 2 aliphatic rings. The number of piperazine rings is 1.